The first-order chi connectivity index (χ1) is 10.9. The van der Waals surface area contributed by atoms with Crippen LogP contribution in [0.2, 0.25) is 0 Å². The molecule has 1 aliphatic heterocycles. The quantitative estimate of drug-likeness (QED) is 0.848. The van der Waals surface area contributed by atoms with E-state index in [1.807, 2.05) is 25.1 Å². The predicted molar refractivity (Wildman–Crippen MR) is 89.5 cm³/mol. The topological polar surface area (TPSA) is 62.3 Å². The van der Waals surface area contributed by atoms with Crippen LogP contribution >= 0.6 is 0 Å². The van der Waals surface area contributed by atoms with E-state index in [-0.39, 0.29) is 0 Å². The molecule has 2 heterocycles. The minimum atomic E-state index is 0.676. The fraction of sp³-hybridized carbons (Fsp3) is 0.500. The zero-order valence-electron chi connectivity index (χ0n) is 13.0. The van der Waals surface area contributed by atoms with Gasteiger partial charge in [0.15, 0.2) is 0 Å². The minimum Gasteiger partial charge on any atom is -0.379 e. The molecule has 6 nitrogen and oxygen atoms in total. The molecular formula is C16H23N5O. The van der Waals surface area contributed by atoms with Crippen LogP contribution in [0, 0.1) is 0 Å². The van der Waals surface area contributed by atoms with Crippen LogP contribution in [0.15, 0.2) is 24.3 Å². The first-order valence-electron chi connectivity index (χ1n) is 7.91. The molecule has 0 bridgehead atoms. The van der Waals surface area contributed by atoms with Crippen molar-refractivity contribution >= 4 is 22.7 Å². The Morgan fingerprint density at radius 2 is 1.95 bits per heavy atom. The molecule has 2 N–H and O–H groups in total. The molecule has 6 heteroatoms. The van der Waals surface area contributed by atoms with Gasteiger partial charge in [-0.2, -0.15) is 4.98 Å². The third-order valence-electron chi connectivity index (χ3n) is 3.76. The van der Waals surface area contributed by atoms with Crippen molar-refractivity contribution in [2.24, 2.45) is 0 Å². The van der Waals surface area contributed by atoms with E-state index < -0.39 is 0 Å². The molecule has 1 aliphatic rings. The van der Waals surface area contributed by atoms with Gasteiger partial charge in [0.1, 0.15) is 5.82 Å². The largest absolute Gasteiger partial charge is 0.379 e. The van der Waals surface area contributed by atoms with Gasteiger partial charge in [-0.25, -0.2) is 4.98 Å². The summed E-state index contributed by atoms with van der Waals surface area (Å²) in [6.07, 6.45) is 0. The number of nitrogens with zero attached hydrogens (tertiary/aromatic N) is 3. The molecule has 0 unspecified atom stereocenters. The van der Waals surface area contributed by atoms with E-state index in [1.165, 1.54) is 0 Å². The number of hydrogen-bond acceptors (Lipinski definition) is 6. The molecule has 0 saturated carbocycles. The number of aromatic nitrogens is 2. The number of hydrogen-bond donors (Lipinski definition) is 2. The number of morpholine rings is 1. The highest BCUT2D eigenvalue weighted by atomic mass is 16.5. The normalized spacial score (nSPS) is 15.9. The second kappa shape index (κ2) is 7.38. The fourth-order valence-electron chi connectivity index (χ4n) is 2.61. The number of rotatable bonds is 6. The number of benzene rings is 1. The summed E-state index contributed by atoms with van der Waals surface area (Å²) in [7, 11) is 0. The average molecular weight is 301 g/mol. The maximum atomic E-state index is 5.37. The Labute approximate surface area is 130 Å². The molecule has 1 aromatic heterocycles. The van der Waals surface area contributed by atoms with E-state index in [4.69, 9.17) is 4.74 Å². The molecule has 1 fully saturated rings. The van der Waals surface area contributed by atoms with Gasteiger partial charge in [-0.1, -0.05) is 12.1 Å². The van der Waals surface area contributed by atoms with Gasteiger partial charge in [-0.3, -0.25) is 4.90 Å². The third-order valence-corrected chi connectivity index (χ3v) is 3.76. The summed E-state index contributed by atoms with van der Waals surface area (Å²) in [6.45, 7) is 8.41. The Hall–Kier alpha value is -1.92. The van der Waals surface area contributed by atoms with Crippen LogP contribution in [0.3, 0.4) is 0 Å². The van der Waals surface area contributed by atoms with Gasteiger partial charge in [-0.05, 0) is 19.1 Å². The second-order valence-corrected chi connectivity index (χ2v) is 5.32. The standard InChI is InChI=1S/C16H23N5O/c1-2-17-16-19-14-6-4-3-5-13(14)15(20-16)18-7-8-21-9-11-22-12-10-21/h3-6H,2,7-12H2,1H3,(H2,17,18,19,20). The van der Waals surface area contributed by atoms with Crippen molar-refractivity contribution in [2.45, 2.75) is 6.92 Å². The molecular weight excluding hydrogens is 278 g/mol. The SMILES string of the molecule is CCNc1nc(NCCN2CCOCC2)c2ccccc2n1. The fourth-order valence-corrected chi connectivity index (χ4v) is 2.61. The number of fused-ring (bicyclic) bond motifs is 1. The van der Waals surface area contributed by atoms with Crippen molar-refractivity contribution in [3.8, 4) is 0 Å². The molecule has 0 atom stereocenters. The van der Waals surface area contributed by atoms with Gasteiger partial charge >= 0.3 is 0 Å². The maximum absolute atomic E-state index is 5.37. The summed E-state index contributed by atoms with van der Waals surface area (Å²) in [5, 5.41) is 7.71. The van der Waals surface area contributed by atoms with Crippen molar-refractivity contribution in [2.75, 3.05) is 56.6 Å². The summed E-state index contributed by atoms with van der Waals surface area (Å²) >= 11 is 0. The lowest BCUT2D eigenvalue weighted by molar-refractivity contribution is 0.0398. The molecule has 118 valence electrons. The highest BCUT2D eigenvalue weighted by Gasteiger charge is 2.11. The zero-order chi connectivity index (χ0) is 15.2. The van der Waals surface area contributed by atoms with Gasteiger partial charge in [0, 0.05) is 38.1 Å². The minimum absolute atomic E-state index is 0.676. The van der Waals surface area contributed by atoms with E-state index in [2.05, 4.69) is 31.6 Å². The Bertz CT molecular complexity index is 613. The number of para-hydroxylation sites is 1. The summed E-state index contributed by atoms with van der Waals surface area (Å²) in [6, 6.07) is 8.10. The van der Waals surface area contributed by atoms with Gasteiger partial charge in [-0.15, -0.1) is 0 Å². The van der Waals surface area contributed by atoms with Crippen molar-refractivity contribution < 1.29 is 4.74 Å². The Morgan fingerprint density at radius 1 is 1.14 bits per heavy atom. The van der Waals surface area contributed by atoms with Crippen LogP contribution in [0.25, 0.3) is 10.9 Å². The van der Waals surface area contributed by atoms with Crippen LogP contribution < -0.4 is 10.6 Å². The first kappa shape index (κ1) is 15.0. The third kappa shape index (κ3) is 3.64. The summed E-state index contributed by atoms with van der Waals surface area (Å²) < 4.78 is 5.37. The lowest BCUT2D eigenvalue weighted by Crippen LogP contribution is -2.39. The monoisotopic (exact) mass is 301 g/mol. The molecule has 0 aliphatic carbocycles. The molecule has 3 rings (SSSR count). The summed E-state index contributed by atoms with van der Waals surface area (Å²) in [5.41, 5.74) is 0.960. The van der Waals surface area contributed by atoms with Crippen molar-refractivity contribution in [3.05, 3.63) is 24.3 Å². The highest BCUT2D eigenvalue weighted by molar-refractivity contribution is 5.89. The Morgan fingerprint density at radius 3 is 2.77 bits per heavy atom. The van der Waals surface area contributed by atoms with Gasteiger partial charge < -0.3 is 15.4 Å². The van der Waals surface area contributed by atoms with E-state index in [9.17, 15) is 0 Å². The summed E-state index contributed by atoms with van der Waals surface area (Å²) in [5.74, 6) is 1.57. The van der Waals surface area contributed by atoms with Crippen molar-refractivity contribution in [1.82, 2.24) is 14.9 Å². The lowest BCUT2D eigenvalue weighted by atomic mass is 10.2. The Kier molecular flexibility index (Phi) is 5.03. The number of ether oxygens (including phenoxy) is 1. The number of nitrogens with one attached hydrogen (secondary N) is 2. The Balaban J connectivity index is 1.70. The van der Waals surface area contributed by atoms with Gasteiger partial charge in [0.05, 0.1) is 18.7 Å². The smallest absolute Gasteiger partial charge is 0.225 e. The molecule has 1 aromatic carbocycles. The predicted octanol–water partition coefficient (Wildman–Crippen LogP) is 1.81. The summed E-state index contributed by atoms with van der Waals surface area (Å²) in [4.78, 5) is 11.5. The maximum Gasteiger partial charge on any atom is 0.225 e. The van der Waals surface area contributed by atoms with Gasteiger partial charge in [0.2, 0.25) is 5.95 Å². The van der Waals surface area contributed by atoms with Crippen LogP contribution in [0.5, 0.6) is 0 Å². The highest BCUT2D eigenvalue weighted by Crippen LogP contribution is 2.21. The lowest BCUT2D eigenvalue weighted by Gasteiger charge is -2.26. The van der Waals surface area contributed by atoms with E-state index in [0.717, 1.165) is 62.7 Å². The molecule has 2 aromatic rings. The van der Waals surface area contributed by atoms with E-state index in [0.29, 0.717) is 5.95 Å². The molecule has 22 heavy (non-hydrogen) atoms. The van der Waals surface area contributed by atoms with E-state index in [1.54, 1.807) is 0 Å². The van der Waals surface area contributed by atoms with Crippen LogP contribution in [-0.4, -0.2) is 60.8 Å². The van der Waals surface area contributed by atoms with Crippen LogP contribution in [0.1, 0.15) is 6.92 Å². The molecule has 1 saturated heterocycles. The molecule has 0 spiro atoms. The van der Waals surface area contributed by atoms with Crippen molar-refractivity contribution in [1.29, 1.82) is 0 Å². The molecule has 0 radical (unpaired) electrons. The zero-order valence-corrected chi connectivity index (χ0v) is 13.0. The van der Waals surface area contributed by atoms with E-state index >= 15 is 0 Å². The molecule has 0 amide bonds. The van der Waals surface area contributed by atoms with Crippen molar-refractivity contribution in [3.63, 3.8) is 0 Å². The second-order valence-electron chi connectivity index (χ2n) is 5.32. The van der Waals surface area contributed by atoms with Crippen LogP contribution in [-0.2, 0) is 4.74 Å². The van der Waals surface area contributed by atoms with Gasteiger partial charge in [0.25, 0.3) is 0 Å². The van der Waals surface area contributed by atoms with Crippen LogP contribution in [0.4, 0.5) is 11.8 Å². The first-order valence-corrected chi connectivity index (χ1v) is 7.91. The number of anilines is 2. The average Bonchev–Trinajstić information content (AvgIpc) is 2.56.